The molecule has 0 heterocycles. The van der Waals surface area contributed by atoms with Crippen LogP contribution < -0.4 is 14.8 Å². The maximum atomic E-state index is 12.1. The fourth-order valence-electron chi connectivity index (χ4n) is 2.95. The first-order valence-electron chi connectivity index (χ1n) is 8.37. The molecule has 128 valence electrons. The Morgan fingerprint density at radius 1 is 1.04 bits per heavy atom. The number of nitrogens with zero attached hydrogens (tertiary/aromatic N) is 1. The van der Waals surface area contributed by atoms with Gasteiger partial charge in [0.1, 0.15) is 22.8 Å². The highest BCUT2D eigenvalue weighted by molar-refractivity contribution is 5.79. The summed E-state index contributed by atoms with van der Waals surface area (Å²) in [5.74, 6) is 1.63. The zero-order chi connectivity index (χ0) is 17.5. The second-order valence-electron chi connectivity index (χ2n) is 6.13. The van der Waals surface area contributed by atoms with E-state index in [4.69, 9.17) is 9.47 Å². The molecule has 5 nitrogen and oxygen atoms in total. The van der Waals surface area contributed by atoms with Gasteiger partial charge in [0.15, 0.2) is 6.61 Å². The highest BCUT2D eigenvalue weighted by Gasteiger charge is 2.35. The molecule has 25 heavy (non-hydrogen) atoms. The molecule has 5 heteroatoms. The maximum absolute atomic E-state index is 12.1. The molecule has 0 saturated heterocycles. The van der Waals surface area contributed by atoms with Gasteiger partial charge >= 0.3 is 0 Å². The molecular formula is C20H20N2O3. The first-order chi connectivity index (χ1) is 12.2. The fourth-order valence-corrected chi connectivity index (χ4v) is 2.95. The molecule has 3 rings (SSSR count). The van der Waals surface area contributed by atoms with E-state index in [2.05, 4.69) is 11.4 Å². The number of rotatable bonds is 6. The number of amides is 1. The number of nitrogens with one attached hydrogen (secondary N) is 1. The number of nitriles is 1. The monoisotopic (exact) mass is 336 g/mol. The van der Waals surface area contributed by atoms with Crippen LogP contribution in [0.3, 0.4) is 0 Å². The quantitative estimate of drug-likeness (QED) is 0.871. The van der Waals surface area contributed by atoms with Crippen LogP contribution in [0.5, 0.6) is 17.2 Å². The van der Waals surface area contributed by atoms with Gasteiger partial charge in [0.05, 0.1) is 6.07 Å². The minimum atomic E-state index is -0.724. The van der Waals surface area contributed by atoms with E-state index in [0.29, 0.717) is 24.3 Å². The molecular weight excluding hydrogens is 316 g/mol. The lowest BCUT2D eigenvalue weighted by Gasteiger charge is -2.21. The van der Waals surface area contributed by atoms with Gasteiger partial charge in [-0.3, -0.25) is 4.79 Å². The molecule has 0 radical (unpaired) electrons. The molecule has 0 spiro atoms. The normalized spacial score (nSPS) is 15.2. The number of carbonyl (C=O) groups excluding carboxylic acids is 1. The second kappa shape index (κ2) is 7.71. The van der Waals surface area contributed by atoms with Crippen molar-refractivity contribution in [2.75, 3.05) is 6.61 Å². The molecule has 1 amide bonds. The van der Waals surface area contributed by atoms with E-state index in [1.165, 1.54) is 0 Å². The lowest BCUT2D eigenvalue weighted by Crippen LogP contribution is -2.47. The summed E-state index contributed by atoms with van der Waals surface area (Å²) < 4.78 is 11.3. The van der Waals surface area contributed by atoms with Crippen molar-refractivity contribution in [3.8, 4) is 23.3 Å². The number of carbonyl (C=O) groups is 1. The molecule has 0 aromatic heterocycles. The second-order valence-corrected chi connectivity index (χ2v) is 6.13. The third kappa shape index (κ3) is 4.51. The highest BCUT2D eigenvalue weighted by Crippen LogP contribution is 2.29. The summed E-state index contributed by atoms with van der Waals surface area (Å²) in [5.41, 5.74) is -0.724. The van der Waals surface area contributed by atoms with Crippen molar-refractivity contribution in [1.82, 2.24) is 5.32 Å². The molecule has 1 fully saturated rings. The van der Waals surface area contributed by atoms with Crippen molar-refractivity contribution >= 4 is 5.91 Å². The summed E-state index contributed by atoms with van der Waals surface area (Å²) in [6.07, 6.45) is 3.34. The van der Waals surface area contributed by atoms with Crippen LogP contribution in [0, 0.1) is 11.3 Å². The lowest BCUT2D eigenvalue weighted by atomic mass is 10.00. The van der Waals surface area contributed by atoms with E-state index >= 15 is 0 Å². The van der Waals surface area contributed by atoms with Gasteiger partial charge in [-0.1, -0.05) is 24.3 Å². The minimum absolute atomic E-state index is 0.127. The van der Waals surface area contributed by atoms with E-state index in [1.54, 1.807) is 18.2 Å². The zero-order valence-electron chi connectivity index (χ0n) is 13.9. The number of ether oxygens (including phenoxy) is 2. The highest BCUT2D eigenvalue weighted by atomic mass is 16.5. The summed E-state index contributed by atoms with van der Waals surface area (Å²) >= 11 is 0. The van der Waals surface area contributed by atoms with Crippen LogP contribution in [-0.4, -0.2) is 18.1 Å². The van der Waals surface area contributed by atoms with Gasteiger partial charge in [0.25, 0.3) is 5.91 Å². The molecule has 2 aromatic rings. The van der Waals surface area contributed by atoms with Gasteiger partial charge in [-0.25, -0.2) is 0 Å². The smallest absolute Gasteiger partial charge is 0.259 e. The Kier molecular flexibility index (Phi) is 5.20. The molecule has 0 bridgehead atoms. The van der Waals surface area contributed by atoms with E-state index < -0.39 is 5.54 Å². The molecule has 2 aromatic carbocycles. The summed E-state index contributed by atoms with van der Waals surface area (Å²) in [6, 6.07) is 18.8. The Hall–Kier alpha value is -3.00. The summed E-state index contributed by atoms with van der Waals surface area (Å²) in [5, 5.41) is 12.1. The standard InChI is InChI=1S/C20H20N2O3/c21-15-20(11-4-5-12-20)22-19(23)14-24-17-9-6-10-18(13-17)25-16-7-2-1-3-8-16/h1-3,6-10,13H,4-5,11-12,14H2,(H,22,23). The maximum Gasteiger partial charge on any atom is 0.259 e. The molecule has 0 unspecified atom stereocenters. The van der Waals surface area contributed by atoms with Crippen LogP contribution in [-0.2, 0) is 4.79 Å². The molecule has 0 atom stereocenters. The van der Waals surface area contributed by atoms with E-state index in [0.717, 1.165) is 18.6 Å². The van der Waals surface area contributed by atoms with Crippen molar-refractivity contribution < 1.29 is 14.3 Å². The zero-order valence-corrected chi connectivity index (χ0v) is 13.9. The Bertz CT molecular complexity index is 762. The first-order valence-corrected chi connectivity index (χ1v) is 8.37. The third-order valence-electron chi connectivity index (χ3n) is 4.20. The van der Waals surface area contributed by atoms with E-state index in [-0.39, 0.29) is 12.5 Å². The average molecular weight is 336 g/mol. The SMILES string of the molecule is N#CC1(NC(=O)COc2cccc(Oc3ccccc3)c2)CCCC1. The van der Waals surface area contributed by atoms with Crippen molar-refractivity contribution in [2.24, 2.45) is 0 Å². The minimum Gasteiger partial charge on any atom is -0.484 e. The molecule has 1 saturated carbocycles. The summed E-state index contributed by atoms with van der Waals surface area (Å²) in [6.45, 7) is -0.127. The molecule has 0 aliphatic heterocycles. The Balaban J connectivity index is 1.55. The van der Waals surface area contributed by atoms with E-state index in [9.17, 15) is 10.1 Å². The van der Waals surface area contributed by atoms with Gasteiger partial charge < -0.3 is 14.8 Å². The van der Waals surface area contributed by atoms with Gasteiger partial charge in [0.2, 0.25) is 0 Å². The Morgan fingerprint density at radius 2 is 1.72 bits per heavy atom. The number of hydrogen-bond acceptors (Lipinski definition) is 4. The Morgan fingerprint density at radius 3 is 2.44 bits per heavy atom. The predicted molar refractivity (Wildman–Crippen MR) is 93.4 cm³/mol. The van der Waals surface area contributed by atoms with Crippen molar-refractivity contribution in [2.45, 2.75) is 31.2 Å². The van der Waals surface area contributed by atoms with Crippen LogP contribution >= 0.6 is 0 Å². The van der Waals surface area contributed by atoms with Crippen molar-refractivity contribution in [3.63, 3.8) is 0 Å². The van der Waals surface area contributed by atoms with Gasteiger partial charge in [-0.05, 0) is 49.9 Å². The van der Waals surface area contributed by atoms with Crippen LogP contribution in [0.25, 0.3) is 0 Å². The van der Waals surface area contributed by atoms with Gasteiger partial charge in [-0.2, -0.15) is 5.26 Å². The Labute approximate surface area is 147 Å². The van der Waals surface area contributed by atoms with E-state index in [1.807, 2.05) is 36.4 Å². The number of para-hydroxylation sites is 1. The third-order valence-corrected chi connectivity index (χ3v) is 4.20. The largest absolute Gasteiger partial charge is 0.484 e. The number of benzene rings is 2. The van der Waals surface area contributed by atoms with Crippen LogP contribution in [0.15, 0.2) is 54.6 Å². The van der Waals surface area contributed by atoms with Crippen molar-refractivity contribution in [1.29, 1.82) is 5.26 Å². The summed E-state index contributed by atoms with van der Waals surface area (Å²) in [4.78, 5) is 12.1. The molecule has 1 N–H and O–H groups in total. The average Bonchev–Trinajstić information content (AvgIpc) is 3.10. The first kappa shape index (κ1) is 16.8. The van der Waals surface area contributed by atoms with Crippen LogP contribution in [0.2, 0.25) is 0 Å². The lowest BCUT2D eigenvalue weighted by molar-refractivity contribution is -0.124. The summed E-state index contributed by atoms with van der Waals surface area (Å²) in [7, 11) is 0. The van der Waals surface area contributed by atoms with Gasteiger partial charge in [-0.15, -0.1) is 0 Å². The molecule has 1 aliphatic carbocycles. The van der Waals surface area contributed by atoms with Crippen molar-refractivity contribution in [3.05, 3.63) is 54.6 Å². The predicted octanol–water partition coefficient (Wildman–Crippen LogP) is 3.81. The topological polar surface area (TPSA) is 71.4 Å². The van der Waals surface area contributed by atoms with Gasteiger partial charge in [0, 0.05) is 6.07 Å². The number of hydrogen-bond donors (Lipinski definition) is 1. The van der Waals surface area contributed by atoms with Crippen LogP contribution in [0.4, 0.5) is 0 Å². The fraction of sp³-hybridized carbons (Fsp3) is 0.300. The van der Waals surface area contributed by atoms with Crippen LogP contribution in [0.1, 0.15) is 25.7 Å². The molecule has 1 aliphatic rings.